The average molecular weight is 603 g/mol. The standard InChI is InChI=1S/C32H32N4O.C2HF3O2/c1-36-16-14-23(15-17-36)18-22-8-6-21(7-9-22)10-13-28-25-12-11-24(19-30(25)35-34-28)27-20-32(27)26-4-2-3-5-29(26)33-31(32)37;3-2(4,5)1(6)7/h2-13,19,23,27H,14-18,20H2,1H3,(H,33,37)(H,34,35);(H,6,7)/b13-10+;/t27-,32-;/m0./s1. The smallest absolute Gasteiger partial charge is 0.475 e. The van der Waals surface area contributed by atoms with Crippen LogP contribution in [0.4, 0.5) is 18.9 Å². The molecule has 7 nitrogen and oxygen atoms in total. The van der Waals surface area contributed by atoms with Gasteiger partial charge in [-0.2, -0.15) is 18.3 Å². The van der Waals surface area contributed by atoms with Gasteiger partial charge in [-0.1, -0.05) is 60.7 Å². The molecule has 1 saturated heterocycles. The molecule has 10 heteroatoms. The number of piperidine rings is 1. The van der Waals surface area contributed by atoms with E-state index in [9.17, 15) is 18.0 Å². The molecule has 4 aromatic rings. The van der Waals surface area contributed by atoms with Crippen LogP contribution < -0.4 is 5.32 Å². The lowest BCUT2D eigenvalue weighted by atomic mass is 9.90. The molecule has 0 unspecified atom stereocenters. The molecule has 3 N–H and O–H groups in total. The first-order chi connectivity index (χ1) is 21.0. The van der Waals surface area contributed by atoms with E-state index in [0.29, 0.717) is 0 Å². The average Bonchev–Trinajstić information content (AvgIpc) is 3.54. The molecule has 1 spiro atoms. The van der Waals surface area contributed by atoms with E-state index in [0.717, 1.165) is 40.2 Å². The molecule has 7 rings (SSSR count). The first kappa shape index (κ1) is 29.6. The molecule has 1 saturated carbocycles. The Morgan fingerprint density at radius 3 is 2.48 bits per heavy atom. The van der Waals surface area contributed by atoms with Crippen molar-refractivity contribution in [1.29, 1.82) is 0 Å². The van der Waals surface area contributed by atoms with Gasteiger partial charge < -0.3 is 15.3 Å². The number of rotatable bonds is 5. The minimum Gasteiger partial charge on any atom is -0.475 e. The Kier molecular flexibility index (Phi) is 7.79. The molecule has 44 heavy (non-hydrogen) atoms. The summed E-state index contributed by atoms with van der Waals surface area (Å²) in [5.74, 6) is -1.62. The van der Waals surface area contributed by atoms with Gasteiger partial charge in [0.15, 0.2) is 0 Å². The summed E-state index contributed by atoms with van der Waals surface area (Å²) in [6.07, 6.45) is 3.78. The van der Waals surface area contributed by atoms with Crippen molar-refractivity contribution >= 4 is 40.6 Å². The Morgan fingerprint density at radius 1 is 1.07 bits per heavy atom. The second-order valence-corrected chi connectivity index (χ2v) is 12.0. The molecular weight excluding hydrogens is 569 g/mol. The third-order valence-electron chi connectivity index (χ3n) is 9.06. The highest BCUT2D eigenvalue weighted by Gasteiger charge is 2.65. The van der Waals surface area contributed by atoms with Crippen LogP contribution >= 0.6 is 0 Å². The third-order valence-corrected chi connectivity index (χ3v) is 9.06. The predicted octanol–water partition coefficient (Wildman–Crippen LogP) is 6.63. The number of likely N-dealkylation sites (tertiary alicyclic amines) is 1. The number of halogens is 3. The van der Waals surface area contributed by atoms with E-state index in [1.54, 1.807) is 0 Å². The summed E-state index contributed by atoms with van der Waals surface area (Å²) < 4.78 is 31.7. The topological polar surface area (TPSA) is 98.3 Å². The first-order valence-electron chi connectivity index (χ1n) is 14.7. The summed E-state index contributed by atoms with van der Waals surface area (Å²) in [5, 5.41) is 19.1. The Bertz CT molecular complexity index is 1720. The molecule has 0 radical (unpaired) electrons. The lowest BCUT2D eigenvalue weighted by molar-refractivity contribution is -0.192. The number of nitrogens with one attached hydrogen (secondary N) is 2. The van der Waals surface area contributed by atoms with E-state index in [1.165, 1.54) is 49.0 Å². The second kappa shape index (κ2) is 11.6. The molecule has 3 heterocycles. The van der Waals surface area contributed by atoms with Crippen LogP contribution in [0.25, 0.3) is 23.1 Å². The normalized spacial score (nSPS) is 21.7. The Labute approximate surface area is 252 Å². The van der Waals surface area contributed by atoms with Crippen LogP contribution in [0.5, 0.6) is 0 Å². The molecule has 2 aliphatic heterocycles. The predicted molar refractivity (Wildman–Crippen MR) is 163 cm³/mol. The van der Waals surface area contributed by atoms with Crippen molar-refractivity contribution in [3.8, 4) is 0 Å². The van der Waals surface area contributed by atoms with Gasteiger partial charge in [0.2, 0.25) is 5.91 Å². The zero-order valence-corrected chi connectivity index (χ0v) is 24.2. The number of benzene rings is 3. The fourth-order valence-corrected chi connectivity index (χ4v) is 6.49. The van der Waals surface area contributed by atoms with Crippen molar-refractivity contribution in [2.45, 2.75) is 43.2 Å². The fourth-order valence-electron chi connectivity index (χ4n) is 6.49. The zero-order valence-electron chi connectivity index (χ0n) is 24.2. The maximum Gasteiger partial charge on any atom is 0.490 e. The number of aromatic amines is 1. The summed E-state index contributed by atoms with van der Waals surface area (Å²) in [6.45, 7) is 2.44. The maximum absolute atomic E-state index is 12.9. The quantitative estimate of drug-likeness (QED) is 0.238. The number of carboxylic acid groups (broad SMARTS) is 1. The van der Waals surface area contributed by atoms with Crippen LogP contribution in [0.2, 0.25) is 0 Å². The number of hydrogen-bond donors (Lipinski definition) is 3. The Balaban J connectivity index is 0.000000441. The van der Waals surface area contributed by atoms with Gasteiger partial charge in [-0.05, 0) is 92.2 Å². The number of amides is 1. The molecule has 1 amide bonds. The SMILES string of the molecule is CN1CCC(Cc2ccc(/C=C/c3n[nH]c4cc([C@@H]5C[C@@]56C(=O)Nc5ccccc56)ccc34)cc2)CC1.O=C(O)C(F)(F)F. The van der Waals surface area contributed by atoms with Crippen LogP contribution in [-0.2, 0) is 21.4 Å². The van der Waals surface area contributed by atoms with Crippen molar-refractivity contribution in [1.82, 2.24) is 15.1 Å². The Hall–Kier alpha value is -4.44. The van der Waals surface area contributed by atoms with Gasteiger partial charge >= 0.3 is 12.1 Å². The summed E-state index contributed by atoms with van der Waals surface area (Å²) >= 11 is 0. The summed E-state index contributed by atoms with van der Waals surface area (Å²) in [7, 11) is 2.22. The van der Waals surface area contributed by atoms with Gasteiger partial charge in [-0.3, -0.25) is 9.89 Å². The molecule has 1 aromatic heterocycles. The number of para-hydroxylation sites is 1. The van der Waals surface area contributed by atoms with Crippen molar-refractivity contribution in [2.24, 2.45) is 5.92 Å². The number of aliphatic carboxylic acids is 1. The lowest BCUT2D eigenvalue weighted by Gasteiger charge is -2.28. The number of anilines is 1. The van der Waals surface area contributed by atoms with E-state index < -0.39 is 17.6 Å². The van der Waals surface area contributed by atoms with E-state index in [2.05, 4.69) is 88.1 Å². The van der Waals surface area contributed by atoms with Crippen LogP contribution in [0.1, 0.15) is 53.1 Å². The molecule has 3 aliphatic rings. The zero-order chi connectivity index (χ0) is 31.1. The van der Waals surface area contributed by atoms with Crippen molar-refractivity contribution < 1.29 is 27.9 Å². The largest absolute Gasteiger partial charge is 0.490 e. The van der Waals surface area contributed by atoms with Gasteiger partial charge in [0.1, 0.15) is 0 Å². The summed E-state index contributed by atoms with van der Waals surface area (Å²) in [4.78, 5) is 24.2. The molecule has 0 bridgehead atoms. The van der Waals surface area contributed by atoms with Gasteiger partial charge in [0.25, 0.3) is 0 Å². The number of H-pyrrole nitrogens is 1. The third kappa shape index (κ3) is 5.86. The fraction of sp³-hybridized carbons (Fsp3) is 0.324. The number of fused-ring (bicyclic) bond motifs is 3. The number of alkyl halides is 3. The van der Waals surface area contributed by atoms with Gasteiger partial charge in [-0.15, -0.1) is 0 Å². The number of carbonyl (C=O) groups is 2. The Morgan fingerprint density at radius 2 is 1.77 bits per heavy atom. The van der Waals surface area contributed by atoms with E-state index in [4.69, 9.17) is 9.90 Å². The van der Waals surface area contributed by atoms with Crippen LogP contribution in [-0.4, -0.2) is 58.4 Å². The summed E-state index contributed by atoms with van der Waals surface area (Å²) in [5.41, 5.74) is 7.44. The molecular formula is C34H33F3N4O3. The number of aromatic nitrogens is 2. The number of hydrogen-bond acceptors (Lipinski definition) is 4. The van der Waals surface area contributed by atoms with Gasteiger partial charge in [0.05, 0.1) is 16.6 Å². The van der Waals surface area contributed by atoms with Crippen LogP contribution in [0, 0.1) is 5.92 Å². The lowest BCUT2D eigenvalue weighted by Crippen LogP contribution is -2.30. The molecule has 228 valence electrons. The molecule has 2 atom stereocenters. The van der Waals surface area contributed by atoms with E-state index in [1.807, 2.05) is 18.2 Å². The highest BCUT2D eigenvalue weighted by Crippen LogP contribution is 2.65. The van der Waals surface area contributed by atoms with Crippen molar-refractivity contribution in [3.63, 3.8) is 0 Å². The van der Waals surface area contributed by atoms with Gasteiger partial charge in [0, 0.05) is 17.0 Å². The van der Waals surface area contributed by atoms with Crippen molar-refractivity contribution in [2.75, 3.05) is 25.5 Å². The molecule has 1 aliphatic carbocycles. The monoisotopic (exact) mass is 602 g/mol. The highest BCUT2D eigenvalue weighted by atomic mass is 19.4. The number of nitrogens with zero attached hydrogens (tertiary/aromatic N) is 2. The number of carbonyl (C=O) groups excluding carboxylic acids is 1. The van der Waals surface area contributed by atoms with E-state index >= 15 is 0 Å². The summed E-state index contributed by atoms with van der Waals surface area (Å²) in [6, 6.07) is 23.5. The van der Waals surface area contributed by atoms with Crippen molar-refractivity contribution in [3.05, 3.63) is 94.7 Å². The van der Waals surface area contributed by atoms with Crippen LogP contribution in [0.3, 0.4) is 0 Å². The van der Waals surface area contributed by atoms with Crippen LogP contribution in [0.15, 0.2) is 66.7 Å². The second-order valence-electron chi connectivity index (χ2n) is 12.0. The van der Waals surface area contributed by atoms with E-state index in [-0.39, 0.29) is 11.8 Å². The molecule has 2 fully saturated rings. The number of carboxylic acids is 1. The highest BCUT2D eigenvalue weighted by molar-refractivity contribution is 6.09. The first-order valence-corrected chi connectivity index (χ1v) is 14.7. The molecule has 3 aromatic carbocycles. The van der Waals surface area contributed by atoms with Gasteiger partial charge in [-0.25, -0.2) is 4.79 Å². The minimum absolute atomic E-state index is 0.129. The minimum atomic E-state index is -5.08. The maximum atomic E-state index is 12.9.